The van der Waals surface area contributed by atoms with Crippen LogP contribution in [0.25, 0.3) is 0 Å². The lowest BCUT2D eigenvalue weighted by Crippen LogP contribution is -2.69. The number of nitrogens with zero attached hydrogens (tertiary/aromatic N) is 4. The Bertz CT molecular complexity index is 839. The summed E-state index contributed by atoms with van der Waals surface area (Å²) in [6.45, 7) is 10.8. The molecule has 0 aliphatic carbocycles. The monoisotopic (exact) mass is 409 g/mol. The van der Waals surface area contributed by atoms with Crippen LogP contribution in [0.3, 0.4) is 0 Å². The number of carbonyl (C=O) groups is 1. The van der Waals surface area contributed by atoms with Gasteiger partial charge in [0.05, 0.1) is 26.2 Å². The highest BCUT2D eigenvalue weighted by Gasteiger charge is 2.41. The van der Waals surface area contributed by atoms with Gasteiger partial charge in [0.15, 0.2) is 12.2 Å². The summed E-state index contributed by atoms with van der Waals surface area (Å²) in [6.07, 6.45) is 0. The number of methoxy groups -OCH3 is 1. The van der Waals surface area contributed by atoms with Gasteiger partial charge in [-0.3, -0.25) is 28.9 Å². The van der Waals surface area contributed by atoms with Crippen molar-refractivity contribution < 1.29 is 14.0 Å². The van der Waals surface area contributed by atoms with Gasteiger partial charge >= 0.3 is 5.69 Å². The molecule has 29 heavy (non-hydrogen) atoms. The van der Waals surface area contributed by atoms with Gasteiger partial charge in [-0.15, -0.1) is 0 Å². The van der Waals surface area contributed by atoms with Crippen LogP contribution in [0, 0.1) is 5.92 Å². The molecule has 3 fully saturated rings. The van der Waals surface area contributed by atoms with Crippen LogP contribution in [0.5, 0.6) is 0 Å². The number of rotatable bonds is 8. The van der Waals surface area contributed by atoms with E-state index in [4.69, 9.17) is 10.5 Å². The number of nitrogens with two attached hydrogens (primary N) is 1. The molecule has 1 aromatic heterocycles. The second-order valence-corrected chi connectivity index (χ2v) is 8.55. The molecule has 4 heterocycles. The van der Waals surface area contributed by atoms with Gasteiger partial charge in [0.25, 0.3) is 11.5 Å². The number of quaternary nitrogens is 1. The molecule has 0 radical (unpaired) electrons. The summed E-state index contributed by atoms with van der Waals surface area (Å²) in [4.78, 5) is 44.4. The number of H-pyrrole nitrogens is 1. The van der Waals surface area contributed by atoms with Crippen molar-refractivity contribution in [1.29, 1.82) is 0 Å². The number of hydrogen-bond acceptors (Lipinski definition) is 6. The lowest BCUT2D eigenvalue weighted by atomic mass is 10.1. The molecule has 2 bridgehead atoms. The zero-order valence-corrected chi connectivity index (χ0v) is 17.6. The molecule has 162 valence electrons. The molecule has 0 spiro atoms. The van der Waals surface area contributed by atoms with Crippen molar-refractivity contribution in [3.05, 3.63) is 20.8 Å². The zero-order chi connectivity index (χ0) is 21.2. The van der Waals surface area contributed by atoms with Crippen LogP contribution in [0.4, 0.5) is 11.5 Å². The summed E-state index contributed by atoms with van der Waals surface area (Å²) >= 11 is 0. The largest absolute Gasteiger partial charge is 0.383 e. The number of nitrogens with one attached hydrogen (secondary N) is 1. The predicted molar refractivity (Wildman–Crippen MR) is 111 cm³/mol. The van der Waals surface area contributed by atoms with Gasteiger partial charge in [0.2, 0.25) is 0 Å². The van der Waals surface area contributed by atoms with Gasteiger partial charge in [-0.1, -0.05) is 13.8 Å². The Morgan fingerprint density at radius 3 is 2.41 bits per heavy atom. The molecule has 3 saturated heterocycles. The number of aromatic nitrogens is 2. The van der Waals surface area contributed by atoms with E-state index in [0.717, 1.165) is 43.8 Å². The van der Waals surface area contributed by atoms with Crippen molar-refractivity contribution in [3.8, 4) is 0 Å². The van der Waals surface area contributed by atoms with E-state index >= 15 is 0 Å². The normalized spacial score (nSPS) is 23.5. The lowest BCUT2D eigenvalue weighted by Gasteiger charge is -2.50. The second kappa shape index (κ2) is 8.68. The SMILES string of the molecule is COCCN(C(=O)C[N+]12CCN(CC1)CC2)c1c(N)n(CC(C)C)c(=O)[nH]c1=O. The van der Waals surface area contributed by atoms with E-state index in [1.54, 1.807) is 7.11 Å². The van der Waals surface area contributed by atoms with Gasteiger partial charge in [-0.05, 0) is 5.92 Å². The fourth-order valence-corrected chi connectivity index (χ4v) is 4.27. The molecule has 0 aromatic carbocycles. The lowest BCUT2D eigenvalue weighted by molar-refractivity contribution is -0.933. The minimum Gasteiger partial charge on any atom is -0.383 e. The number of piperazine rings is 3. The first-order valence-corrected chi connectivity index (χ1v) is 10.3. The first kappa shape index (κ1) is 21.5. The maximum absolute atomic E-state index is 13.4. The first-order chi connectivity index (χ1) is 13.8. The molecule has 1 aromatic rings. The van der Waals surface area contributed by atoms with Crippen LogP contribution >= 0.6 is 0 Å². The average molecular weight is 410 g/mol. The minimum atomic E-state index is -0.638. The van der Waals surface area contributed by atoms with Crippen molar-refractivity contribution in [2.45, 2.75) is 20.4 Å². The van der Waals surface area contributed by atoms with Crippen LogP contribution in [0.15, 0.2) is 9.59 Å². The predicted octanol–water partition coefficient (Wildman–Crippen LogP) is -1.10. The van der Waals surface area contributed by atoms with E-state index in [2.05, 4.69) is 9.88 Å². The Kier molecular flexibility index (Phi) is 6.45. The molecule has 1 amide bonds. The van der Waals surface area contributed by atoms with Crippen LogP contribution in [-0.4, -0.2) is 90.9 Å². The van der Waals surface area contributed by atoms with Gasteiger partial charge in [-0.2, -0.15) is 0 Å². The molecule has 0 atom stereocenters. The van der Waals surface area contributed by atoms with E-state index < -0.39 is 11.2 Å². The number of hydrogen-bond donors (Lipinski definition) is 2. The van der Waals surface area contributed by atoms with Crippen molar-refractivity contribution >= 4 is 17.4 Å². The molecular weight excluding hydrogens is 376 g/mol. The van der Waals surface area contributed by atoms with Crippen LogP contribution in [-0.2, 0) is 16.1 Å². The number of carbonyl (C=O) groups excluding carboxylic acids is 1. The number of nitrogen functional groups attached to an aromatic ring is 1. The molecule has 3 aliphatic heterocycles. The fourth-order valence-electron chi connectivity index (χ4n) is 4.27. The average Bonchev–Trinajstić information content (AvgIpc) is 2.68. The first-order valence-electron chi connectivity index (χ1n) is 10.3. The Morgan fingerprint density at radius 2 is 1.86 bits per heavy atom. The number of amides is 1. The molecule has 0 unspecified atom stereocenters. The highest BCUT2D eigenvalue weighted by atomic mass is 16.5. The van der Waals surface area contributed by atoms with E-state index in [-0.39, 0.29) is 36.5 Å². The van der Waals surface area contributed by atoms with E-state index in [0.29, 0.717) is 13.1 Å². The molecule has 4 rings (SSSR count). The third-order valence-corrected chi connectivity index (χ3v) is 5.99. The summed E-state index contributed by atoms with van der Waals surface area (Å²) in [5.74, 6) is 0.0181. The molecule has 0 saturated carbocycles. The van der Waals surface area contributed by atoms with Crippen molar-refractivity contribution in [1.82, 2.24) is 14.5 Å². The van der Waals surface area contributed by atoms with Crippen molar-refractivity contribution in [2.75, 3.05) is 76.7 Å². The van der Waals surface area contributed by atoms with Crippen LogP contribution < -0.4 is 21.9 Å². The Morgan fingerprint density at radius 1 is 1.24 bits per heavy atom. The van der Waals surface area contributed by atoms with Gasteiger partial charge in [0, 0.05) is 39.8 Å². The fraction of sp³-hybridized carbons (Fsp3) is 0.737. The van der Waals surface area contributed by atoms with Gasteiger partial charge < -0.3 is 15.0 Å². The van der Waals surface area contributed by atoms with Crippen molar-refractivity contribution in [2.24, 2.45) is 5.92 Å². The number of fused-ring (bicyclic) bond motifs is 3. The van der Waals surface area contributed by atoms with Gasteiger partial charge in [-0.25, -0.2) is 4.79 Å². The summed E-state index contributed by atoms with van der Waals surface area (Å²) in [5, 5.41) is 0. The number of anilines is 2. The maximum Gasteiger partial charge on any atom is 0.330 e. The van der Waals surface area contributed by atoms with E-state index in [9.17, 15) is 14.4 Å². The smallest absolute Gasteiger partial charge is 0.330 e. The number of ether oxygens (including phenoxy) is 1. The quantitative estimate of drug-likeness (QED) is 0.527. The molecule has 10 nitrogen and oxygen atoms in total. The summed E-state index contributed by atoms with van der Waals surface area (Å²) in [5.41, 5.74) is 5.09. The summed E-state index contributed by atoms with van der Waals surface area (Å²) in [7, 11) is 1.54. The van der Waals surface area contributed by atoms with Crippen LogP contribution in [0.2, 0.25) is 0 Å². The second-order valence-electron chi connectivity index (χ2n) is 8.55. The third kappa shape index (κ3) is 4.54. The standard InChI is InChI=1S/C19H32N6O4/c1-14(2)12-24-17(20)16(18(27)21-19(24)28)23(7-11-29-3)15(26)13-25-8-4-22(5-9-25)6-10-25/h14H,4-13H2,1-3H3,(H2-,20,21,27,28)/p+1. The number of aromatic amines is 1. The van der Waals surface area contributed by atoms with Gasteiger partial charge in [0.1, 0.15) is 5.82 Å². The van der Waals surface area contributed by atoms with E-state index in [1.807, 2.05) is 13.8 Å². The Hall–Kier alpha value is -2.17. The summed E-state index contributed by atoms with van der Waals surface area (Å²) < 4.78 is 7.24. The molecule has 3 N–H and O–H groups in total. The molecular formula is C19H33N6O4+. The summed E-state index contributed by atoms with van der Waals surface area (Å²) in [6, 6.07) is 0. The minimum absolute atomic E-state index is 0.0281. The molecule has 10 heteroatoms. The maximum atomic E-state index is 13.4. The molecule has 3 aliphatic rings. The zero-order valence-electron chi connectivity index (χ0n) is 17.6. The highest BCUT2D eigenvalue weighted by molar-refractivity contribution is 5.96. The van der Waals surface area contributed by atoms with Crippen LogP contribution in [0.1, 0.15) is 13.8 Å². The topological polar surface area (TPSA) is 114 Å². The van der Waals surface area contributed by atoms with E-state index in [1.165, 1.54) is 9.47 Å². The third-order valence-electron chi connectivity index (χ3n) is 5.99. The van der Waals surface area contributed by atoms with Crippen molar-refractivity contribution in [3.63, 3.8) is 0 Å². The highest BCUT2D eigenvalue weighted by Crippen LogP contribution is 2.22. The Labute approximate surface area is 170 Å². The Balaban J connectivity index is 1.95.